The van der Waals surface area contributed by atoms with E-state index in [1.807, 2.05) is 27.7 Å². The number of rotatable bonds is 13. The predicted octanol–water partition coefficient (Wildman–Crippen LogP) is 3.40. The van der Waals surface area contributed by atoms with Crippen molar-refractivity contribution in [3.63, 3.8) is 0 Å². The Hall–Kier alpha value is -1.59. The van der Waals surface area contributed by atoms with Crippen LogP contribution < -0.4 is 0 Å². The molecule has 0 saturated carbocycles. The first-order valence-electron chi connectivity index (χ1n) is 9.93. The second kappa shape index (κ2) is 12.7. The van der Waals surface area contributed by atoms with E-state index in [0.717, 1.165) is 19.3 Å². The molecular formula is C20H38N2O4. The molecule has 0 spiro atoms. The highest BCUT2D eigenvalue weighted by Crippen LogP contribution is 2.15. The van der Waals surface area contributed by atoms with E-state index in [1.165, 1.54) is 4.90 Å². The summed E-state index contributed by atoms with van der Waals surface area (Å²) in [5.41, 5.74) is 0. The van der Waals surface area contributed by atoms with Crippen molar-refractivity contribution in [2.75, 3.05) is 19.6 Å². The topological polar surface area (TPSA) is 77.9 Å². The Kier molecular flexibility index (Phi) is 11.9. The molecule has 0 rings (SSSR count). The second-order valence-corrected chi connectivity index (χ2v) is 7.78. The Bertz CT molecular complexity index is 439. The van der Waals surface area contributed by atoms with Gasteiger partial charge in [0.05, 0.1) is 6.42 Å². The predicted molar refractivity (Wildman–Crippen MR) is 104 cm³/mol. The van der Waals surface area contributed by atoms with E-state index in [1.54, 1.807) is 11.8 Å². The van der Waals surface area contributed by atoms with E-state index in [9.17, 15) is 19.5 Å². The number of aliphatic carboxylic acids is 1. The van der Waals surface area contributed by atoms with Crippen molar-refractivity contribution in [2.45, 2.75) is 79.7 Å². The maximum Gasteiger partial charge on any atom is 0.305 e. The van der Waals surface area contributed by atoms with Crippen LogP contribution in [0.2, 0.25) is 0 Å². The molecule has 0 fully saturated rings. The molecule has 0 unspecified atom stereocenters. The molecule has 0 bridgehead atoms. The summed E-state index contributed by atoms with van der Waals surface area (Å²) in [6, 6.07) is -0.927. The molecule has 2 amide bonds. The number of hydrogen-bond acceptors (Lipinski definition) is 3. The van der Waals surface area contributed by atoms with Gasteiger partial charge >= 0.3 is 5.97 Å². The number of hydrogen-bond donors (Lipinski definition) is 1. The third-order valence-electron chi connectivity index (χ3n) is 4.17. The third kappa shape index (κ3) is 9.20. The molecule has 152 valence electrons. The summed E-state index contributed by atoms with van der Waals surface area (Å²) in [5, 5.41) is 9.31. The van der Waals surface area contributed by atoms with Crippen LogP contribution in [0.3, 0.4) is 0 Å². The SMILES string of the molecule is CCCCCC(=O)N(CC)[C@@H](CC(=O)O)C(=O)N(CC(C)C)CC(C)C. The van der Waals surface area contributed by atoms with Crippen LogP contribution >= 0.6 is 0 Å². The summed E-state index contributed by atoms with van der Waals surface area (Å²) < 4.78 is 0. The van der Waals surface area contributed by atoms with Gasteiger partial charge in [-0.25, -0.2) is 0 Å². The van der Waals surface area contributed by atoms with Gasteiger partial charge in [-0.2, -0.15) is 0 Å². The van der Waals surface area contributed by atoms with Crippen LogP contribution in [0.5, 0.6) is 0 Å². The van der Waals surface area contributed by atoms with Gasteiger partial charge < -0.3 is 14.9 Å². The standard InChI is InChI=1S/C20H38N2O4/c1-7-9-10-11-18(23)22(8-2)17(12-19(24)25)20(26)21(13-15(3)4)14-16(5)6/h15-17H,7-14H2,1-6H3,(H,24,25)/t17-/m0/s1. The lowest BCUT2D eigenvalue weighted by Gasteiger charge is -2.35. The van der Waals surface area contributed by atoms with Crippen LogP contribution in [0, 0.1) is 11.8 Å². The minimum atomic E-state index is -1.06. The summed E-state index contributed by atoms with van der Waals surface area (Å²) in [7, 11) is 0. The molecule has 0 aliphatic carbocycles. The van der Waals surface area contributed by atoms with Gasteiger partial charge in [-0.15, -0.1) is 0 Å². The zero-order valence-corrected chi connectivity index (χ0v) is 17.5. The molecule has 0 saturated heterocycles. The number of carboxylic acids is 1. The van der Waals surface area contributed by atoms with Crippen molar-refractivity contribution >= 4 is 17.8 Å². The number of nitrogens with zero attached hydrogens (tertiary/aromatic N) is 2. The number of amides is 2. The fourth-order valence-electron chi connectivity index (χ4n) is 3.08. The summed E-state index contributed by atoms with van der Waals surface area (Å²) >= 11 is 0. The highest BCUT2D eigenvalue weighted by Gasteiger charge is 2.34. The maximum atomic E-state index is 13.2. The van der Waals surface area contributed by atoms with Crippen molar-refractivity contribution in [1.29, 1.82) is 0 Å². The van der Waals surface area contributed by atoms with Crippen molar-refractivity contribution in [3.05, 3.63) is 0 Å². The van der Waals surface area contributed by atoms with Crippen molar-refractivity contribution < 1.29 is 19.5 Å². The molecule has 1 N–H and O–H groups in total. The van der Waals surface area contributed by atoms with E-state index in [2.05, 4.69) is 6.92 Å². The average Bonchev–Trinajstić information content (AvgIpc) is 2.52. The molecule has 0 aromatic heterocycles. The second-order valence-electron chi connectivity index (χ2n) is 7.78. The van der Waals surface area contributed by atoms with Crippen molar-refractivity contribution in [1.82, 2.24) is 9.80 Å². The first-order valence-corrected chi connectivity index (χ1v) is 9.93. The number of carbonyl (C=O) groups excluding carboxylic acids is 2. The van der Waals surface area contributed by atoms with E-state index in [-0.39, 0.29) is 30.1 Å². The minimum Gasteiger partial charge on any atom is -0.481 e. The minimum absolute atomic E-state index is 0.130. The molecule has 0 aliphatic heterocycles. The van der Waals surface area contributed by atoms with Crippen LogP contribution in [0.1, 0.15) is 73.6 Å². The van der Waals surface area contributed by atoms with Gasteiger partial charge in [0, 0.05) is 26.1 Å². The smallest absolute Gasteiger partial charge is 0.305 e. The molecule has 26 heavy (non-hydrogen) atoms. The van der Waals surface area contributed by atoms with Crippen LogP contribution in [-0.2, 0) is 14.4 Å². The largest absolute Gasteiger partial charge is 0.481 e. The Labute approximate surface area is 158 Å². The molecule has 0 radical (unpaired) electrons. The quantitative estimate of drug-likeness (QED) is 0.504. The van der Waals surface area contributed by atoms with Gasteiger partial charge in [-0.05, 0) is 25.2 Å². The van der Waals surface area contributed by atoms with E-state index < -0.39 is 12.0 Å². The fourth-order valence-corrected chi connectivity index (χ4v) is 3.08. The Morgan fingerprint density at radius 3 is 1.85 bits per heavy atom. The molecule has 0 heterocycles. The zero-order valence-electron chi connectivity index (χ0n) is 17.5. The molecule has 0 aliphatic rings. The normalized spacial score (nSPS) is 12.3. The highest BCUT2D eigenvalue weighted by molar-refractivity contribution is 5.90. The lowest BCUT2D eigenvalue weighted by molar-refractivity contribution is -0.151. The van der Waals surface area contributed by atoms with E-state index in [0.29, 0.717) is 26.1 Å². The molecule has 0 aromatic rings. The van der Waals surface area contributed by atoms with Gasteiger partial charge in [0.1, 0.15) is 6.04 Å². The van der Waals surface area contributed by atoms with E-state index in [4.69, 9.17) is 0 Å². The molecule has 6 nitrogen and oxygen atoms in total. The third-order valence-corrected chi connectivity index (χ3v) is 4.17. The zero-order chi connectivity index (χ0) is 20.3. The van der Waals surface area contributed by atoms with Crippen LogP contribution in [0.25, 0.3) is 0 Å². The van der Waals surface area contributed by atoms with Gasteiger partial charge in [-0.3, -0.25) is 14.4 Å². The highest BCUT2D eigenvalue weighted by atomic mass is 16.4. The number of carboxylic acid groups (broad SMARTS) is 1. The van der Waals surface area contributed by atoms with Crippen LogP contribution in [0.15, 0.2) is 0 Å². The van der Waals surface area contributed by atoms with Crippen molar-refractivity contribution in [2.24, 2.45) is 11.8 Å². The van der Waals surface area contributed by atoms with Crippen LogP contribution in [0.4, 0.5) is 0 Å². The monoisotopic (exact) mass is 370 g/mol. The molecule has 0 aromatic carbocycles. The lowest BCUT2D eigenvalue weighted by atomic mass is 10.1. The molecular weight excluding hydrogens is 332 g/mol. The van der Waals surface area contributed by atoms with Gasteiger partial charge in [-0.1, -0.05) is 47.5 Å². The van der Waals surface area contributed by atoms with Gasteiger partial charge in [0.25, 0.3) is 0 Å². The summed E-state index contributed by atoms with van der Waals surface area (Å²) in [4.78, 5) is 40.3. The Morgan fingerprint density at radius 1 is 0.923 bits per heavy atom. The van der Waals surface area contributed by atoms with Crippen LogP contribution in [-0.4, -0.2) is 58.4 Å². The summed E-state index contributed by atoms with van der Waals surface area (Å²) in [5.74, 6) is -0.885. The van der Waals surface area contributed by atoms with Gasteiger partial charge in [0.2, 0.25) is 11.8 Å². The van der Waals surface area contributed by atoms with Gasteiger partial charge in [0.15, 0.2) is 0 Å². The first-order chi connectivity index (χ1) is 12.1. The van der Waals surface area contributed by atoms with Crippen molar-refractivity contribution in [3.8, 4) is 0 Å². The Balaban J connectivity index is 5.46. The average molecular weight is 371 g/mol. The number of unbranched alkanes of at least 4 members (excludes halogenated alkanes) is 2. The fraction of sp³-hybridized carbons (Fsp3) is 0.850. The lowest BCUT2D eigenvalue weighted by Crippen LogP contribution is -2.53. The first kappa shape index (κ1) is 24.4. The molecule has 1 atom stereocenters. The Morgan fingerprint density at radius 2 is 1.46 bits per heavy atom. The molecule has 6 heteroatoms. The number of carbonyl (C=O) groups is 3. The summed E-state index contributed by atoms with van der Waals surface area (Å²) in [6.45, 7) is 13.4. The summed E-state index contributed by atoms with van der Waals surface area (Å²) in [6.07, 6.45) is 2.74. The number of likely N-dealkylation sites (N-methyl/N-ethyl adjacent to an activating group) is 1. The maximum absolute atomic E-state index is 13.2. The van der Waals surface area contributed by atoms with E-state index >= 15 is 0 Å².